The zero-order valence-electron chi connectivity index (χ0n) is 13.2. The van der Waals surface area contributed by atoms with Crippen molar-refractivity contribution in [3.05, 3.63) is 57.8 Å². The standard InChI is InChI=1S/C17H15Cl2FN2O3/c1-25-15-5-2-10(18)8-14(15)22-16(23)6-7-21-17(24)12-4-3-11(20)9-13(12)19/h2-5,8-9H,6-7H2,1H3,(H,21,24)(H,22,23). The number of ether oxygens (including phenoxy) is 1. The van der Waals surface area contributed by atoms with Crippen molar-refractivity contribution < 1.29 is 18.7 Å². The molecule has 2 aromatic rings. The van der Waals surface area contributed by atoms with E-state index in [9.17, 15) is 14.0 Å². The maximum atomic E-state index is 13.0. The molecule has 8 heteroatoms. The second-order valence-corrected chi connectivity index (χ2v) is 5.87. The lowest BCUT2D eigenvalue weighted by atomic mass is 10.2. The van der Waals surface area contributed by atoms with E-state index in [1.165, 1.54) is 13.2 Å². The van der Waals surface area contributed by atoms with Gasteiger partial charge in [-0.3, -0.25) is 9.59 Å². The van der Waals surface area contributed by atoms with E-state index in [2.05, 4.69) is 10.6 Å². The van der Waals surface area contributed by atoms with Crippen LogP contribution < -0.4 is 15.4 Å². The minimum Gasteiger partial charge on any atom is -0.495 e. The van der Waals surface area contributed by atoms with Crippen LogP contribution in [0.5, 0.6) is 5.75 Å². The van der Waals surface area contributed by atoms with Gasteiger partial charge in [0.05, 0.1) is 23.4 Å². The lowest BCUT2D eigenvalue weighted by Gasteiger charge is -2.11. The molecule has 0 aliphatic heterocycles. The molecule has 0 saturated carbocycles. The normalized spacial score (nSPS) is 10.2. The summed E-state index contributed by atoms with van der Waals surface area (Å²) in [6.45, 7) is 0.0846. The molecule has 132 valence electrons. The fourth-order valence-electron chi connectivity index (χ4n) is 2.05. The van der Waals surface area contributed by atoms with Gasteiger partial charge in [-0.2, -0.15) is 0 Å². The number of hydrogen-bond acceptors (Lipinski definition) is 3. The number of hydrogen-bond donors (Lipinski definition) is 2. The van der Waals surface area contributed by atoms with Gasteiger partial charge in [0.2, 0.25) is 5.91 Å². The van der Waals surface area contributed by atoms with Crippen LogP contribution in [0.3, 0.4) is 0 Å². The molecule has 5 nitrogen and oxygen atoms in total. The van der Waals surface area contributed by atoms with Gasteiger partial charge in [0, 0.05) is 18.0 Å². The van der Waals surface area contributed by atoms with Crippen LogP contribution >= 0.6 is 23.2 Å². The number of rotatable bonds is 6. The van der Waals surface area contributed by atoms with Gasteiger partial charge < -0.3 is 15.4 Å². The summed E-state index contributed by atoms with van der Waals surface area (Å²) in [5.41, 5.74) is 0.577. The molecule has 0 aromatic heterocycles. The van der Waals surface area contributed by atoms with Crippen LogP contribution in [0.1, 0.15) is 16.8 Å². The van der Waals surface area contributed by atoms with Gasteiger partial charge in [-0.25, -0.2) is 4.39 Å². The highest BCUT2D eigenvalue weighted by molar-refractivity contribution is 6.33. The number of carbonyl (C=O) groups is 2. The fourth-order valence-corrected chi connectivity index (χ4v) is 2.47. The zero-order chi connectivity index (χ0) is 18.4. The number of anilines is 1. The predicted octanol–water partition coefficient (Wildman–Crippen LogP) is 3.90. The molecular formula is C17H15Cl2FN2O3. The molecule has 2 rings (SSSR count). The van der Waals surface area contributed by atoms with Crippen molar-refractivity contribution in [3.8, 4) is 5.75 Å². The predicted molar refractivity (Wildman–Crippen MR) is 95.0 cm³/mol. The summed E-state index contributed by atoms with van der Waals surface area (Å²) in [4.78, 5) is 24.0. The van der Waals surface area contributed by atoms with E-state index in [-0.39, 0.29) is 29.5 Å². The molecule has 2 N–H and O–H groups in total. The third-order valence-corrected chi connectivity index (χ3v) is 3.80. The van der Waals surface area contributed by atoms with Crippen molar-refractivity contribution in [2.24, 2.45) is 0 Å². The first-order valence-electron chi connectivity index (χ1n) is 7.27. The number of halogens is 3. The van der Waals surface area contributed by atoms with E-state index in [0.717, 1.165) is 12.1 Å². The number of nitrogens with one attached hydrogen (secondary N) is 2. The van der Waals surface area contributed by atoms with Gasteiger partial charge in [-0.15, -0.1) is 0 Å². The van der Waals surface area contributed by atoms with Gasteiger partial charge in [-0.1, -0.05) is 23.2 Å². The number of methoxy groups -OCH3 is 1. The second-order valence-electron chi connectivity index (χ2n) is 5.02. The summed E-state index contributed by atoms with van der Waals surface area (Å²) in [5, 5.41) is 5.67. The Labute approximate surface area is 154 Å². The van der Waals surface area contributed by atoms with E-state index >= 15 is 0 Å². The lowest BCUT2D eigenvalue weighted by molar-refractivity contribution is -0.116. The Hall–Kier alpha value is -2.31. The average molecular weight is 385 g/mol. The highest BCUT2D eigenvalue weighted by Gasteiger charge is 2.12. The molecule has 0 spiro atoms. The van der Waals surface area contributed by atoms with Gasteiger partial charge in [0.1, 0.15) is 11.6 Å². The molecular weight excluding hydrogens is 370 g/mol. The van der Waals surface area contributed by atoms with Crippen LogP contribution in [-0.2, 0) is 4.79 Å². The van der Waals surface area contributed by atoms with Gasteiger partial charge >= 0.3 is 0 Å². The maximum absolute atomic E-state index is 13.0. The molecule has 0 atom stereocenters. The highest BCUT2D eigenvalue weighted by atomic mass is 35.5. The minimum absolute atomic E-state index is 0.00520. The first-order valence-corrected chi connectivity index (χ1v) is 8.03. The minimum atomic E-state index is -0.531. The first-order chi connectivity index (χ1) is 11.9. The molecule has 25 heavy (non-hydrogen) atoms. The largest absolute Gasteiger partial charge is 0.495 e. The summed E-state index contributed by atoms with van der Waals surface area (Å²) in [6.07, 6.45) is 0.0280. The molecule has 0 fully saturated rings. The zero-order valence-corrected chi connectivity index (χ0v) is 14.7. The highest BCUT2D eigenvalue weighted by Crippen LogP contribution is 2.27. The number of benzene rings is 2. The van der Waals surface area contributed by atoms with E-state index in [4.69, 9.17) is 27.9 Å². The monoisotopic (exact) mass is 384 g/mol. The molecule has 2 amide bonds. The quantitative estimate of drug-likeness (QED) is 0.793. The van der Waals surface area contributed by atoms with Crippen molar-refractivity contribution in [2.45, 2.75) is 6.42 Å². The first kappa shape index (κ1) is 19.0. The molecule has 0 bridgehead atoms. The van der Waals surface area contributed by atoms with E-state index in [1.807, 2.05) is 0 Å². The smallest absolute Gasteiger partial charge is 0.252 e. The van der Waals surface area contributed by atoms with Gasteiger partial charge in [0.25, 0.3) is 5.91 Å². The van der Waals surface area contributed by atoms with Crippen LogP contribution in [0, 0.1) is 5.82 Å². The Morgan fingerprint density at radius 3 is 2.60 bits per heavy atom. The summed E-state index contributed by atoms with van der Waals surface area (Å²) in [6, 6.07) is 8.31. The average Bonchev–Trinajstić information content (AvgIpc) is 2.54. The molecule has 0 unspecified atom stereocenters. The fraction of sp³-hybridized carbons (Fsp3) is 0.176. The Bertz CT molecular complexity index is 799. The lowest BCUT2D eigenvalue weighted by Crippen LogP contribution is -2.28. The van der Waals surface area contributed by atoms with E-state index < -0.39 is 11.7 Å². The topological polar surface area (TPSA) is 67.4 Å². The van der Waals surface area contributed by atoms with Crippen LogP contribution in [0.25, 0.3) is 0 Å². The van der Waals surface area contributed by atoms with Crippen LogP contribution in [-0.4, -0.2) is 25.5 Å². The molecule has 0 heterocycles. The van der Waals surface area contributed by atoms with Crippen molar-refractivity contribution in [1.82, 2.24) is 5.32 Å². The van der Waals surface area contributed by atoms with Crippen molar-refractivity contribution >= 4 is 40.7 Å². The Kier molecular flexibility index (Phi) is 6.61. The van der Waals surface area contributed by atoms with Crippen LogP contribution in [0.4, 0.5) is 10.1 Å². The molecule has 2 aromatic carbocycles. The molecule has 0 aliphatic carbocycles. The summed E-state index contributed by atoms with van der Waals surface area (Å²) < 4.78 is 18.1. The molecule has 0 aliphatic rings. The Balaban J connectivity index is 1.88. The third kappa shape index (κ3) is 5.34. The van der Waals surface area contributed by atoms with Crippen LogP contribution in [0.15, 0.2) is 36.4 Å². The number of amides is 2. The molecule has 0 saturated heterocycles. The van der Waals surface area contributed by atoms with Gasteiger partial charge in [0.15, 0.2) is 0 Å². The van der Waals surface area contributed by atoms with Crippen molar-refractivity contribution in [3.63, 3.8) is 0 Å². The maximum Gasteiger partial charge on any atom is 0.252 e. The van der Waals surface area contributed by atoms with Crippen molar-refractivity contribution in [1.29, 1.82) is 0 Å². The van der Waals surface area contributed by atoms with Crippen LogP contribution in [0.2, 0.25) is 10.0 Å². The van der Waals surface area contributed by atoms with Crippen molar-refractivity contribution in [2.75, 3.05) is 19.0 Å². The third-order valence-electron chi connectivity index (χ3n) is 3.25. The summed E-state index contributed by atoms with van der Waals surface area (Å²) in [7, 11) is 1.48. The Morgan fingerprint density at radius 2 is 1.92 bits per heavy atom. The summed E-state index contributed by atoms with van der Waals surface area (Å²) >= 11 is 11.7. The van der Waals surface area contributed by atoms with E-state index in [1.54, 1.807) is 18.2 Å². The van der Waals surface area contributed by atoms with E-state index in [0.29, 0.717) is 16.5 Å². The molecule has 0 radical (unpaired) electrons. The number of carbonyl (C=O) groups excluding carboxylic acids is 2. The summed E-state index contributed by atoms with van der Waals surface area (Å²) in [5.74, 6) is -0.875. The Morgan fingerprint density at radius 1 is 1.16 bits per heavy atom. The second kappa shape index (κ2) is 8.69. The SMILES string of the molecule is COc1ccc(Cl)cc1NC(=O)CCNC(=O)c1ccc(F)cc1Cl. The van der Waals surface area contributed by atoms with Gasteiger partial charge in [-0.05, 0) is 36.4 Å².